The summed E-state index contributed by atoms with van der Waals surface area (Å²) >= 11 is 2.04. The molecule has 4 amide bonds. The molecule has 0 aliphatic carbocycles. The van der Waals surface area contributed by atoms with Crippen molar-refractivity contribution in [1.82, 2.24) is 10.2 Å². The number of anilines is 1. The standard InChI is InChI=1S/C27H23FIN3O6/c1-36-22-10-6-5-9-20(22)30-24(33)14-32-26(34)21(31-27(32)35)12-16-11-19(29)25(23(13-16)37-2)38-15-17-7-3-4-8-18(17)28/h3-13H,14-15H2,1-2H3,(H,30,33)(H,31,35)/b21-12+. The predicted octanol–water partition coefficient (Wildman–Crippen LogP) is 4.56. The lowest BCUT2D eigenvalue weighted by molar-refractivity contribution is -0.127. The minimum atomic E-state index is -0.720. The summed E-state index contributed by atoms with van der Waals surface area (Å²) in [6, 6.07) is 15.7. The summed E-state index contributed by atoms with van der Waals surface area (Å²) in [5.74, 6) is -0.367. The minimum absolute atomic E-state index is 0.000105. The molecule has 2 N–H and O–H groups in total. The molecular weight excluding hydrogens is 608 g/mol. The van der Waals surface area contributed by atoms with Crippen molar-refractivity contribution in [2.24, 2.45) is 0 Å². The van der Waals surface area contributed by atoms with E-state index in [1.807, 2.05) is 22.6 Å². The van der Waals surface area contributed by atoms with Gasteiger partial charge in [-0.25, -0.2) is 14.1 Å². The number of para-hydroxylation sites is 2. The van der Waals surface area contributed by atoms with Gasteiger partial charge < -0.3 is 24.8 Å². The van der Waals surface area contributed by atoms with Crippen LogP contribution in [0.25, 0.3) is 6.08 Å². The number of hydrogen-bond acceptors (Lipinski definition) is 6. The van der Waals surface area contributed by atoms with Gasteiger partial charge in [-0.2, -0.15) is 0 Å². The van der Waals surface area contributed by atoms with Gasteiger partial charge >= 0.3 is 6.03 Å². The molecule has 11 heteroatoms. The summed E-state index contributed by atoms with van der Waals surface area (Å²) < 4.78 is 31.1. The van der Waals surface area contributed by atoms with E-state index in [2.05, 4.69) is 10.6 Å². The third kappa shape index (κ3) is 6.05. The van der Waals surface area contributed by atoms with Crippen LogP contribution in [0, 0.1) is 9.39 Å². The maximum Gasteiger partial charge on any atom is 0.329 e. The van der Waals surface area contributed by atoms with Crippen molar-refractivity contribution in [3.63, 3.8) is 0 Å². The van der Waals surface area contributed by atoms with Gasteiger partial charge in [0.1, 0.15) is 30.4 Å². The van der Waals surface area contributed by atoms with Crippen molar-refractivity contribution in [2.45, 2.75) is 6.61 Å². The van der Waals surface area contributed by atoms with Gasteiger partial charge in [0.25, 0.3) is 5.91 Å². The van der Waals surface area contributed by atoms with Crippen molar-refractivity contribution < 1.29 is 33.0 Å². The normalized spacial score (nSPS) is 13.9. The molecule has 4 rings (SSSR count). The molecule has 196 valence electrons. The fraction of sp³-hybridized carbons (Fsp3) is 0.148. The Bertz CT molecular complexity index is 1430. The highest BCUT2D eigenvalue weighted by molar-refractivity contribution is 14.1. The van der Waals surface area contributed by atoms with Gasteiger partial charge in [0.2, 0.25) is 5.91 Å². The number of halogens is 2. The van der Waals surface area contributed by atoms with E-state index in [4.69, 9.17) is 14.2 Å². The van der Waals surface area contributed by atoms with Crippen LogP contribution in [0.1, 0.15) is 11.1 Å². The summed E-state index contributed by atoms with van der Waals surface area (Å²) in [6.07, 6.45) is 1.48. The molecule has 0 radical (unpaired) electrons. The van der Waals surface area contributed by atoms with Gasteiger partial charge in [0.05, 0.1) is 23.5 Å². The van der Waals surface area contributed by atoms with Crippen molar-refractivity contribution >= 4 is 52.2 Å². The fourth-order valence-corrected chi connectivity index (χ4v) is 4.47. The van der Waals surface area contributed by atoms with Crippen LogP contribution in [-0.2, 0) is 16.2 Å². The second-order valence-corrected chi connectivity index (χ2v) is 9.20. The number of ether oxygens (including phenoxy) is 3. The lowest BCUT2D eigenvalue weighted by Gasteiger charge is -2.14. The topological polar surface area (TPSA) is 106 Å². The predicted molar refractivity (Wildman–Crippen MR) is 146 cm³/mol. The highest BCUT2D eigenvalue weighted by Gasteiger charge is 2.35. The molecule has 0 spiro atoms. The summed E-state index contributed by atoms with van der Waals surface area (Å²) in [4.78, 5) is 38.7. The maximum atomic E-state index is 14.0. The monoisotopic (exact) mass is 631 g/mol. The number of carbonyl (C=O) groups is 3. The Morgan fingerprint density at radius 2 is 1.76 bits per heavy atom. The average molecular weight is 631 g/mol. The van der Waals surface area contributed by atoms with Crippen LogP contribution >= 0.6 is 22.6 Å². The van der Waals surface area contributed by atoms with Gasteiger partial charge in [0, 0.05) is 5.56 Å². The molecule has 1 aliphatic heterocycles. The van der Waals surface area contributed by atoms with E-state index in [-0.39, 0.29) is 18.1 Å². The van der Waals surface area contributed by atoms with Gasteiger partial charge in [0.15, 0.2) is 11.5 Å². The molecule has 3 aromatic rings. The van der Waals surface area contributed by atoms with Crippen molar-refractivity contribution in [3.8, 4) is 17.2 Å². The smallest absolute Gasteiger partial charge is 0.329 e. The zero-order valence-corrected chi connectivity index (χ0v) is 22.6. The molecule has 0 aromatic heterocycles. The van der Waals surface area contributed by atoms with Crippen LogP contribution in [0.5, 0.6) is 17.2 Å². The SMILES string of the molecule is COc1ccccc1NC(=O)CN1C(=O)N/C(=C/c2cc(I)c(OCc3ccccc3F)c(OC)c2)C1=O. The molecule has 1 fully saturated rings. The molecule has 38 heavy (non-hydrogen) atoms. The van der Waals surface area contributed by atoms with Crippen LogP contribution in [0.15, 0.2) is 66.4 Å². The van der Waals surface area contributed by atoms with E-state index < -0.39 is 24.4 Å². The van der Waals surface area contributed by atoms with Crippen molar-refractivity contribution in [3.05, 3.63) is 86.9 Å². The van der Waals surface area contributed by atoms with Crippen LogP contribution in [0.2, 0.25) is 0 Å². The summed E-state index contributed by atoms with van der Waals surface area (Å²) in [5.41, 5.74) is 1.36. The van der Waals surface area contributed by atoms with E-state index >= 15 is 0 Å². The molecular formula is C27H23FIN3O6. The Morgan fingerprint density at radius 1 is 1.05 bits per heavy atom. The third-order valence-electron chi connectivity index (χ3n) is 5.54. The quantitative estimate of drug-likeness (QED) is 0.204. The number of amides is 4. The third-order valence-corrected chi connectivity index (χ3v) is 6.34. The number of hydrogen-bond donors (Lipinski definition) is 2. The molecule has 1 aliphatic rings. The first-order chi connectivity index (χ1) is 18.3. The first kappa shape index (κ1) is 26.9. The molecule has 3 aromatic carbocycles. The number of nitrogens with zero attached hydrogens (tertiary/aromatic N) is 1. The van der Waals surface area contributed by atoms with Gasteiger partial charge in [-0.05, 0) is 64.6 Å². The van der Waals surface area contributed by atoms with Gasteiger partial charge in [-0.15, -0.1) is 0 Å². The van der Waals surface area contributed by atoms with E-state index in [1.165, 1.54) is 26.4 Å². The van der Waals surface area contributed by atoms with Crippen LogP contribution < -0.4 is 24.8 Å². The zero-order chi connectivity index (χ0) is 27.2. The van der Waals surface area contributed by atoms with Crippen LogP contribution in [0.3, 0.4) is 0 Å². The van der Waals surface area contributed by atoms with Crippen molar-refractivity contribution in [2.75, 3.05) is 26.1 Å². The average Bonchev–Trinajstić information content (AvgIpc) is 3.16. The highest BCUT2D eigenvalue weighted by atomic mass is 127. The Hall–Kier alpha value is -4.13. The lowest BCUT2D eigenvalue weighted by Crippen LogP contribution is -2.38. The maximum absolute atomic E-state index is 14.0. The lowest BCUT2D eigenvalue weighted by atomic mass is 10.1. The van der Waals surface area contributed by atoms with Gasteiger partial charge in [-0.3, -0.25) is 9.59 Å². The van der Waals surface area contributed by atoms with E-state index in [1.54, 1.807) is 54.6 Å². The van der Waals surface area contributed by atoms with E-state index in [0.29, 0.717) is 37.6 Å². The van der Waals surface area contributed by atoms with Crippen LogP contribution in [0.4, 0.5) is 14.9 Å². The zero-order valence-electron chi connectivity index (χ0n) is 20.4. The number of carbonyl (C=O) groups excluding carboxylic acids is 3. The summed E-state index contributed by atoms with van der Waals surface area (Å²) in [7, 11) is 2.93. The largest absolute Gasteiger partial charge is 0.495 e. The summed E-state index contributed by atoms with van der Waals surface area (Å²) in [6.45, 7) is -0.483. The Morgan fingerprint density at radius 3 is 2.50 bits per heavy atom. The van der Waals surface area contributed by atoms with E-state index in [9.17, 15) is 18.8 Å². The second kappa shape index (κ2) is 11.9. The molecule has 0 atom stereocenters. The molecule has 1 heterocycles. The number of benzene rings is 3. The van der Waals surface area contributed by atoms with Crippen molar-refractivity contribution in [1.29, 1.82) is 0 Å². The molecule has 0 unspecified atom stereocenters. The summed E-state index contributed by atoms with van der Waals surface area (Å²) in [5, 5.41) is 5.13. The number of imide groups is 1. The van der Waals surface area contributed by atoms with Crippen LogP contribution in [-0.4, -0.2) is 43.5 Å². The number of rotatable bonds is 9. The molecule has 0 saturated carbocycles. The highest BCUT2D eigenvalue weighted by Crippen LogP contribution is 2.35. The Labute approximate surface area is 231 Å². The number of nitrogens with one attached hydrogen (secondary N) is 2. The first-order valence-corrected chi connectivity index (χ1v) is 12.4. The molecule has 1 saturated heterocycles. The molecule has 0 bridgehead atoms. The Balaban J connectivity index is 1.48. The first-order valence-electron chi connectivity index (χ1n) is 11.3. The van der Waals surface area contributed by atoms with E-state index in [0.717, 1.165) is 4.90 Å². The minimum Gasteiger partial charge on any atom is -0.495 e. The number of urea groups is 1. The fourth-order valence-electron chi connectivity index (χ4n) is 3.69. The molecule has 9 nitrogen and oxygen atoms in total. The van der Waals surface area contributed by atoms with Gasteiger partial charge in [-0.1, -0.05) is 30.3 Å². The Kier molecular flexibility index (Phi) is 8.46. The number of methoxy groups -OCH3 is 2. The second-order valence-electron chi connectivity index (χ2n) is 8.04.